The number of allylic oxidation sites excluding steroid dienone is 11. The normalized spacial score (nSPS) is 18.0. The summed E-state index contributed by atoms with van der Waals surface area (Å²) in [5, 5.41) is 18.3. The van der Waals surface area contributed by atoms with E-state index in [1.807, 2.05) is 0 Å². The van der Waals surface area contributed by atoms with Crippen molar-refractivity contribution in [3.63, 3.8) is 0 Å². The number of aliphatic hydroxyl groups excluding tert-OH is 2. The average molecular weight is 837 g/mol. The Morgan fingerprint density at radius 2 is 1.17 bits per heavy atom. The number of phosphoric ester groups is 1. The molecule has 5 atom stereocenters. The van der Waals surface area contributed by atoms with Crippen molar-refractivity contribution < 1.29 is 52.5 Å². The first-order chi connectivity index (χ1) is 28.2. The molecule has 3 N–H and O–H groups in total. The number of phosphoric acid groups is 1. The number of ether oxygens (including phenoxy) is 3. The van der Waals surface area contributed by atoms with Crippen LogP contribution >= 0.6 is 7.82 Å². The zero-order chi connectivity index (χ0) is 42.4. The highest BCUT2D eigenvalue weighted by Gasteiger charge is 2.36. The number of carbonyl (C=O) groups is 2. The molecular weight excluding hydrogens is 759 g/mol. The van der Waals surface area contributed by atoms with Gasteiger partial charge >= 0.3 is 19.8 Å². The van der Waals surface area contributed by atoms with E-state index in [4.69, 9.17) is 23.8 Å². The van der Waals surface area contributed by atoms with Crippen LogP contribution < -0.4 is 0 Å². The standard InChI is InChI=1S/C46H77O11P/c1-3-5-7-8-9-10-11-12-13-14-15-16-17-18-19-20-25-28-32-36-46(50)56-42(40-55-58(51,52)54-38-41(48)37-47)39-53-45(49)35-31-27-24-22-21-23-26-30-34-44-43(57-44)33-29-6-4-2/h5,7,9-10,12-13,15-16,18-19,26,30,41-44,47-48H,3-4,6,8,11,14,17,20-25,27-29,31-40H2,1-2H3,(H,51,52)/b7-5-,10-9-,13-12-,16-15-,19-18-,30-26-/t41-,42+,43?,44?/m0/s1. The van der Waals surface area contributed by atoms with Crippen LogP contribution in [0, 0.1) is 0 Å². The van der Waals surface area contributed by atoms with Gasteiger partial charge in [-0.25, -0.2) is 4.57 Å². The number of hydrogen-bond donors (Lipinski definition) is 3. The van der Waals surface area contributed by atoms with Gasteiger partial charge in [-0.05, 0) is 83.5 Å². The lowest BCUT2D eigenvalue weighted by atomic mass is 10.1. The Kier molecular flexibility index (Phi) is 34.4. The van der Waals surface area contributed by atoms with Crippen molar-refractivity contribution in [2.45, 2.75) is 180 Å². The highest BCUT2D eigenvalue weighted by molar-refractivity contribution is 7.47. The molecule has 1 rings (SSSR count). The van der Waals surface area contributed by atoms with E-state index >= 15 is 0 Å². The zero-order valence-corrected chi connectivity index (χ0v) is 36.6. The molecule has 0 bridgehead atoms. The van der Waals surface area contributed by atoms with Gasteiger partial charge in [-0.1, -0.05) is 132 Å². The van der Waals surface area contributed by atoms with Crippen molar-refractivity contribution in [2.75, 3.05) is 26.4 Å². The Hall–Kier alpha value is -2.63. The molecular formula is C46H77O11P. The number of aliphatic hydroxyl groups is 2. The monoisotopic (exact) mass is 837 g/mol. The van der Waals surface area contributed by atoms with Crippen molar-refractivity contribution in [2.24, 2.45) is 0 Å². The van der Waals surface area contributed by atoms with E-state index in [1.165, 1.54) is 25.7 Å². The molecule has 0 radical (unpaired) electrons. The van der Waals surface area contributed by atoms with E-state index in [0.717, 1.165) is 89.9 Å². The molecule has 0 aliphatic carbocycles. The Morgan fingerprint density at radius 3 is 1.79 bits per heavy atom. The number of esters is 2. The lowest BCUT2D eigenvalue weighted by Crippen LogP contribution is -2.29. The van der Waals surface area contributed by atoms with Crippen LogP contribution in [0.1, 0.15) is 155 Å². The maximum absolute atomic E-state index is 12.6. The van der Waals surface area contributed by atoms with E-state index in [9.17, 15) is 24.2 Å². The SMILES string of the molecule is CC/C=C\C/C=C\C/C=C\C/C=C\C/C=C\CCCCCC(=O)O[C@H](COC(=O)CCCCCCC/C=C\CC1OC1CCCCC)COP(=O)(O)OC[C@@H](O)CO. The van der Waals surface area contributed by atoms with Crippen molar-refractivity contribution in [1.82, 2.24) is 0 Å². The third-order valence-corrected chi connectivity index (χ3v) is 10.2. The third-order valence-electron chi connectivity index (χ3n) is 9.27. The predicted octanol–water partition coefficient (Wildman–Crippen LogP) is 10.7. The molecule has 0 aromatic heterocycles. The van der Waals surface area contributed by atoms with Gasteiger partial charge in [-0.2, -0.15) is 0 Å². The molecule has 12 heteroatoms. The Balaban J connectivity index is 2.28. The van der Waals surface area contributed by atoms with Gasteiger partial charge in [0.2, 0.25) is 0 Å². The molecule has 58 heavy (non-hydrogen) atoms. The van der Waals surface area contributed by atoms with Crippen molar-refractivity contribution in [3.8, 4) is 0 Å². The third kappa shape index (κ3) is 34.3. The first-order valence-electron chi connectivity index (χ1n) is 22.0. The number of carbonyl (C=O) groups excluding carboxylic acids is 2. The summed E-state index contributed by atoms with van der Waals surface area (Å²) in [6, 6.07) is 0. The highest BCUT2D eigenvalue weighted by atomic mass is 31.2. The molecule has 1 aliphatic rings. The first kappa shape index (κ1) is 53.4. The van der Waals surface area contributed by atoms with Crippen molar-refractivity contribution in [3.05, 3.63) is 72.9 Å². The minimum atomic E-state index is -4.64. The molecule has 0 aromatic carbocycles. The van der Waals surface area contributed by atoms with Gasteiger partial charge in [0.1, 0.15) is 12.7 Å². The molecule has 0 saturated carbocycles. The maximum Gasteiger partial charge on any atom is 0.472 e. The van der Waals surface area contributed by atoms with E-state index in [0.29, 0.717) is 25.0 Å². The number of unbranched alkanes of at least 4 members (excludes halogenated alkanes) is 10. The summed E-state index contributed by atoms with van der Waals surface area (Å²) in [5.74, 6) is -0.991. The molecule has 1 fully saturated rings. The number of hydrogen-bond acceptors (Lipinski definition) is 10. The number of epoxide rings is 1. The fourth-order valence-corrected chi connectivity index (χ4v) is 6.58. The van der Waals surface area contributed by atoms with Crippen LogP contribution in [0.4, 0.5) is 0 Å². The number of rotatable bonds is 39. The van der Waals surface area contributed by atoms with Gasteiger partial charge in [0.15, 0.2) is 6.10 Å². The summed E-state index contributed by atoms with van der Waals surface area (Å²) in [7, 11) is -4.64. The zero-order valence-electron chi connectivity index (χ0n) is 35.7. The Morgan fingerprint density at radius 1 is 0.638 bits per heavy atom. The molecule has 1 heterocycles. The second-order valence-electron chi connectivity index (χ2n) is 14.7. The fourth-order valence-electron chi connectivity index (χ4n) is 5.79. The van der Waals surface area contributed by atoms with Crippen LogP contribution in [0.25, 0.3) is 0 Å². The summed E-state index contributed by atoms with van der Waals surface area (Å²) in [6.07, 6.45) is 44.6. The fraction of sp³-hybridized carbons (Fsp3) is 0.696. The van der Waals surface area contributed by atoms with E-state index in [1.54, 1.807) is 0 Å². The van der Waals surface area contributed by atoms with Crippen LogP contribution in [-0.2, 0) is 37.4 Å². The molecule has 1 aliphatic heterocycles. The molecule has 1 saturated heterocycles. The predicted molar refractivity (Wildman–Crippen MR) is 232 cm³/mol. The van der Waals surface area contributed by atoms with Crippen LogP contribution in [0.2, 0.25) is 0 Å². The largest absolute Gasteiger partial charge is 0.472 e. The van der Waals surface area contributed by atoms with Crippen molar-refractivity contribution >= 4 is 19.8 Å². The van der Waals surface area contributed by atoms with Gasteiger partial charge in [0, 0.05) is 12.8 Å². The van der Waals surface area contributed by atoms with Gasteiger partial charge in [0.05, 0.1) is 32.0 Å². The quantitative estimate of drug-likeness (QED) is 0.0178. The van der Waals surface area contributed by atoms with Crippen molar-refractivity contribution in [1.29, 1.82) is 0 Å². The van der Waals surface area contributed by atoms with E-state index < -0.39 is 51.8 Å². The molecule has 0 amide bonds. The van der Waals surface area contributed by atoms with Gasteiger partial charge < -0.3 is 29.3 Å². The summed E-state index contributed by atoms with van der Waals surface area (Å²) in [6.45, 7) is 2.16. The van der Waals surface area contributed by atoms with E-state index in [2.05, 4.69) is 91.3 Å². The topological polar surface area (TPSA) is 161 Å². The summed E-state index contributed by atoms with van der Waals surface area (Å²) >= 11 is 0. The maximum atomic E-state index is 12.6. The minimum Gasteiger partial charge on any atom is -0.462 e. The summed E-state index contributed by atoms with van der Waals surface area (Å²) < 4.78 is 38.4. The van der Waals surface area contributed by atoms with Crippen LogP contribution in [0.3, 0.4) is 0 Å². The lowest BCUT2D eigenvalue weighted by molar-refractivity contribution is -0.161. The van der Waals surface area contributed by atoms with Crippen LogP contribution in [0.5, 0.6) is 0 Å². The molecule has 332 valence electrons. The Bertz CT molecular complexity index is 1260. The molecule has 11 nitrogen and oxygen atoms in total. The molecule has 0 aromatic rings. The average Bonchev–Trinajstić information content (AvgIpc) is 3.97. The van der Waals surface area contributed by atoms with Gasteiger partial charge in [-0.3, -0.25) is 18.6 Å². The van der Waals surface area contributed by atoms with Gasteiger partial charge in [0.25, 0.3) is 0 Å². The second-order valence-corrected chi connectivity index (χ2v) is 16.2. The Labute approximate surface area is 350 Å². The summed E-state index contributed by atoms with van der Waals surface area (Å²) in [5.41, 5.74) is 0. The van der Waals surface area contributed by atoms with E-state index in [-0.39, 0.29) is 19.4 Å². The molecule has 0 spiro atoms. The molecule has 3 unspecified atom stereocenters. The second kappa shape index (κ2) is 37.4. The minimum absolute atomic E-state index is 0.135. The smallest absolute Gasteiger partial charge is 0.462 e. The lowest BCUT2D eigenvalue weighted by Gasteiger charge is -2.20. The van der Waals surface area contributed by atoms with Crippen LogP contribution in [-0.4, -0.2) is 77.9 Å². The van der Waals surface area contributed by atoms with Crippen LogP contribution in [0.15, 0.2) is 72.9 Å². The summed E-state index contributed by atoms with van der Waals surface area (Å²) in [4.78, 5) is 35.0. The first-order valence-corrected chi connectivity index (χ1v) is 23.5. The highest BCUT2D eigenvalue weighted by Crippen LogP contribution is 2.43. The van der Waals surface area contributed by atoms with Gasteiger partial charge in [-0.15, -0.1) is 0 Å².